The van der Waals surface area contributed by atoms with Crippen LogP contribution in [0.1, 0.15) is 49.7 Å². The van der Waals surface area contributed by atoms with E-state index in [1.807, 2.05) is 60.7 Å². The first-order valence-electron chi connectivity index (χ1n) is 11.5. The van der Waals surface area contributed by atoms with Gasteiger partial charge in [0.15, 0.2) is 11.6 Å². The first-order valence-corrected chi connectivity index (χ1v) is 11.5. The Kier molecular flexibility index (Phi) is 7.23. The van der Waals surface area contributed by atoms with Crippen LogP contribution in [0.25, 0.3) is 11.6 Å². The van der Waals surface area contributed by atoms with Gasteiger partial charge in [0, 0.05) is 5.57 Å². The molecule has 0 bridgehead atoms. The smallest absolute Gasteiger partial charge is 0.408 e. The Hall–Kier alpha value is -4.34. The number of alkyl carbamates (subject to hydrolysis) is 1. The first-order chi connectivity index (χ1) is 17.2. The van der Waals surface area contributed by atoms with Crippen molar-refractivity contribution < 1.29 is 23.9 Å². The Balaban J connectivity index is 1.45. The standard InChI is InChI=1S/C26H27N5O5/c1-26(2,3)36-23(33)14-21(27-25(34)35-16-17-9-5-4-6-10-17)22(32)15-31-24(28-29-30-31)20-13-18-11-7-8-12-19(18)20/h4-13,21H,14-16H2,1-3H3,(H,27,34). The molecule has 3 aromatic rings. The van der Waals surface area contributed by atoms with E-state index in [9.17, 15) is 14.4 Å². The van der Waals surface area contributed by atoms with Crippen LogP contribution in [-0.4, -0.2) is 49.7 Å². The molecule has 0 radical (unpaired) electrons. The topological polar surface area (TPSA) is 125 Å². The molecule has 0 fully saturated rings. The molecule has 0 spiro atoms. The van der Waals surface area contributed by atoms with Gasteiger partial charge in [0.25, 0.3) is 0 Å². The number of Topliss-reactive ketones (excluding diaryl/α,β-unsaturated/α-hetero) is 1. The van der Waals surface area contributed by atoms with Gasteiger partial charge in [-0.05, 0) is 54.0 Å². The van der Waals surface area contributed by atoms with E-state index in [1.165, 1.54) is 4.68 Å². The molecule has 1 unspecified atom stereocenters. The lowest BCUT2D eigenvalue weighted by Gasteiger charge is -2.23. The third kappa shape index (κ3) is 6.21. The Bertz CT molecular complexity index is 1290. The molecular formula is C26H27N5O5. The van der Waals surface area contributed by atoms with Gasteiger partial charge < -0.3 is 14.8 Å². The van der Waals surface area contributed by atoms with Crippen molar-refractivity contribution in [1.29, 1.82) is 0 Å². The summed E-state index contributed by atoms with van der Waals surface area (Å²) in [5.41, 5.74) is 2.89. The van der Waals surface area contributed by atoms with Gasteiger partial charge in [0.1, 0.15) is 24.8 Å². The zero-order valence-corrected chi connectivity index (χ0v) is 20.3. The minimum Gasteiger partial charge on any atom is -0.460 e. The Morgan fingerprint density at radius 2 is 1.75 bits per heavy atom. The van der Waals surface area contributed by atoms with Crippen molar-refractivity contribution >= 4 is 29.5 Å². The molecule has 0 aliphatic heterocycles. The molecule has 1 N–H and O–H groups in total. The summed E-state index contributed by atoms with van der Waals surface area (Å²) >= 11 is 0. The number of nitrogens with zero attached hydrogens (tertiary/aromatic N) is 4. The van der Waals surface area contributed by atoms with Crippen LogP contribution >= 0.6 is 0 Å². The second-order valence-corrected chi connectivity index (χ2v) is 9.32. The number of aromatic nitrogens is 4. The second kappa shape index (κ2) is 10.5. The maximum Gasteiger partial charge on any atom is 0.408 e. The number of rotatable bonds is 9. The Morgan fingerprint density at radius 1 is 1.03 bits per heavy atom. The lowest BCUT2D eigenvalue weighted by molar-refractivity contribution is -0.156. The highest BCUT2D eigenvalue weighted by Crippen LogP contribution is 2.35. The number of hydrogen-bond donors (Lipinski definition) is 1. The molecule has 4 rings (SSSR count). The van der Waals surface area contributed by atoms with Crippen molar-refractivity contribution in [3.63, 3.8) is 0 Å². The summed E-state index contributed by atoms with van der Waals surface area (Å²) in [6.45, 7) is 4.93. The van der Waals surface area contributed by atoms with Crippen LogP contribution in [-0.2, 0) is 32.2 Å². The number of fused-ring (bicyclic) bond motifs is 1. The molecule has 1 heterocycles. The van der Waals surface area contributed by atoms with Gasteiger partial charge in [0.2, 0.25) is 0 Å². The normalized spacial score (nSPS) is 13.0. The summed E-state index contributed by atoms with van der Waals surface area (Å²) in [5.74, 6) is -0.680. The predicted octanol–water partition coefficient (Wildman–Crippen LogP) is 3.17. The fourth-order valence-electron chi connectivity index (χ4n) is 3.67. The van der Waals surface area contributed by atoms with Gasteiger partial charge in [-0.15, -0.1) is 5.10 Å². The quantitative estimate of drug-likeness (QED) is 0.356. The van der Waals surface area contributed by atoms with Gasteiger partial charge >= 0.3 is 12.1 Å². The number of tetrazole rings is 1. The molecular weight excluding hydrogens is 462 g/mol. The van der Waals surface area contributed by atoms with Crippen LogP contribution in [0.15, 0.2) is 54.6 Å². The summed E-state index contributed by atoms with van der Waals surface area (Å²) in [7, 11) is 0. The number of carbonyl (C=O) groups is 3. The molecule has 0 saturated heterocycles. The van der Waals surface area contributed by atoms with E-state index in [1.54, 1.807) is 20.8 Å². The van der Waals surface area contributed by atoms with Crippen molar-refractivity contribution in [3.05, 3.63) is 77.1 Å². The number of ketones is 1. The molecule has 1 aromatic heterocycles. The number of ether oxygens (including phenoxy) is 2. The molecule has 1 aliphatic rings. The van der Waals surface area contributed by atoms with Crippen molar-refractivity contribution in [2.45, 2.75) is 52.0 Å². The van der Waals surface area contributed by atoms with Crippen LogP contribution in [0.2, 0.25) is 0 Å². The van der Waals surface area contributed by atoms with Crippen molar-refractivity contribution in [2.24, 2.45) is 0 Å². The van der Waals surface area contributed by atoms with Gasteiger partial charge in [-0.3, -0.25) is 9.59 Å². The Morgan fingerprint density at radius 3 is 2.47 bits per heavy atom. The number of nitrogens with one attached hydrogen (secondary N) is 1. The van der Waals surface area contributed by atoms with Crippen molar-refractivity contribution in [2.75, 3.05) is 0 Å². The number of carbonyl (C=O) groups excluding carboxylic acids is 3. The summed E-state index contributed by atoms with van der Waals surface area (Å²) in [6.07, 6.45) is 0.743. The highest BCUT2D eigenvalue weighted by atomic mass is 16.6. The predicted molar refractivity (Wildman–Crippen MR) is 130 cm³/mol. The zero-order valence-electron chi connectivity index (χ0n) is 20.3. The number of benzene rings is 2. The fraction of sp³-hybridized carbons (Fsp3) is 0.308. The summed E-state index contributed by atoms with van der Waals surface area (Å²) in [5, 5.41) is 14.2. The third-order valence-corrected chi connectivity index (χ3v) is 5.31. The number of amides is 1. The third-order valence-electron chi connectivity index (χ3n) is 5.31. The molecule has 1 aliphatic carbocycles. The minimum absolute atomic E-state index is 0.0186. The van der Waals surface area contributed by atoms with Crippen molar-refractivity contribution in [1.82, 2.24) is 25.5 Å². The van der Waals surface area contributed by atoms with Crippen LogP contribution < -0.4 is 5.32 Å². The van der Waals surface area contributed by atoms with Gasteiger partial charge in [0.05, 0.1) is 6.42 Å². The fourth-order valence-corrected chi connectivity index (χ4v) is 3.67. The van der Waals surface area contributed by atoms with Gasteiger partial charge in [-0.25, -0.2) is 9.48 Å². The molecule has 0 saturated carbocycles. The SMILES string of the molecule is CC(C)(C)OC(=O)CC(NC(=O)OCc1ccccc1)C(=O)Cn1nnnc1C1=Cc2ccccc21. The summed E-state index contributed by atoms with van der Waals surface area (Å²) in [4.78, 5) is 38.2. The van der Waals surface area contributed by atoms with E-state index >= 15 is 0 Å². The summed E-state index contributed by atoms with van der Waals surface area (Å²) in [6, 6.07) is 15.7. The van der Waals surface area contributed by atoms with Crippen molar-refractivity contribution in [3.8, 4) is 0 Å². The van der Waals surface area contributed by atoms with Crippen LogP contribution in [0.3, 0.4) is 0 Å². The lowest BCUT2D eigenvalue weighted by Crippen LogP contribution is -2.45. The molecule has 1 amide bonds. The van der Waals surface area contributed by atoms with E-state index in [4.69, 9.17) is 9.47 Å². The van der Waals surface area contributed by atoms with E-state index in [0.29, 0.717) is 5.82 Å². The van der Waals surface area contributed by atoms with Gasteiger partial charge in [-0.2, -0.15) is 0 Å². The summed E-state index contributed by atoms with van der Waals surface area (Å²) < 4.78 is 11.9. The zero-order chi connectivity index (χ0) is 25.7. The highest BCUT2D eigenvalue weighted by molar-refractivity contribution is 6.01. The molecule has 2 aromatic carbocycles. The van der Waals surface area contributed by atoms with Crippen LogP contribution in [0.4, 0.5) is 4.79 Å². The van der Waals surface area contributed by atoms with Gasteiger partial charge in [-0.1, -0.05) is 54.6 Å². The number of esters is 1. The molecule has 186 valence electrons. The highest BCUT2D eigenvalue weighted by Gasteiger charge is 2.30. The average Bonchev–Trinajstić information content (AvgIpc) is 3.25. The monoisotopic (exact) mass is 489 g/mol. The molecule has 10 nitrogen and oxygen atoms in total. The Labute approximate surface area is 208 Å². The first kappa shape index (κ1) is 24.8. The molecule has 1 atom stereocenters. The van der Waals surface area contributed by atoms with E-state index in [2.05, 4.69) is 20.8 Å². The minimum atomic E-state index is -1.19. The second-order valence-electron chi connectivity index (χ2n) is 9.32. The largest absolute Gasteiger partial charge is 0.460 e. The maximum atomic E-state index is 13.2. The lowest BCUT2D eigenvalue weighted by atomic mass is 9.88. The van der Waals surface area contributed by atoms with Crippen LogP contribution in [0.5, 0.6) is 0 Å². The average molecular weight is 490 g/mol. The van der Waals surface area contributed by atoms with E-state index in [0.717, 1.165) is 22.3 Å². The number of hydrogen-bond acceptors (Lipinski definition) is 8. The molecule has 36 heavy (non-hydrogen) atoms. The van der Waals surface area contributed by atoms with Crippen LogP contribution in [0, 0.1) is 0 Å². The molecule has 10 heteroatoms. The van der Waals surface area contributed by atoms with E-state index < -0.39 is 29.5 Å². The maximum absolute atomic E-state index is 13.2. The van der Waals surface area contributed by atoms with E-state index in [-0.39, 0.29) is 19.6 Å².